The molecule has 0 aromatic heterocycles. The predicted octanol–water partition coefficient (Wildman–Crippen LogP) is 1.72. The van der Waals surface area contributed by atoms with Gasteiger partial charge in [0.15, 0.2) is 0 Å². The van der Waals surface area contributed by atoms with Crippen LogP contribution in [0.3, 0.4) is 0 Å². The van der Waals surface area contributed by atoms with Gasteiger partial charge in [-0.3, -0.25) is 14.4 Å². The highest BCUT2D eigenvalue weighted by Gasteiger charge is 2.49. The van der Waals surface area contributed by atoms with Crippen LogP contribution in [0, 0.1) is 17.3 Å². The summed E-state index contributed by atoms with van der Waals surface area (Å²) in [5, 5.41) is 8.80. The maximum absolute atomic E-state index is 12.7. The Hall–Kier alpha value is -2.41. The molecular formula is C19H26O7. The van der Waals surface area contributed by atoms with Gasteiger partial charge in [-0.15, -0.1) is 0 Å². The van der Waals surface area contributed by atoms with Gasteiger partial charge in [-0.05, 0) is 19.4 Å². The highest BCUT2D eigenvalue weighted by molar-refractivity contribution is 5.89. The van der Waals surface area contributed by atoms with Gasteiger partial charge in [-0.1, -0.05) is 37.3 Å². The van der Waals surface area contributed by atoms with Gasteiger partial charge in [0.05, 0.1) is 31.0 Å². The van der Waals surface area contributed by atoms with E-state index in [0.717, 1.165) is 5.56 Å². The van der Waals surface area contributed by atoms with Crippen molar-refractivity contribution < 1.29 is 33.7 Å². The van der Waals surface area contributed by atoms with Crippen LogP contribution in [0.4, 0.5) is 0 Å². The zero-order valence-electron chi connectivity index (χ0n) is 15.6. The van der Waals surface area contributed by atoms with E-state index in [-0.39, 0.29) is 19.8 Å². The molecule has 1 N–H and O–H groups in total. The molecule has 7 nitrogen and oxygen atoms in total. The first-order valence-corrected chi connectivity index (χ1v) is 8.32. The summed E-state index contributed by atoms with van der Waals surface area (Å²) in [6, 6.07) is 9.06. The Morgan fingerprint density at radius 2 is 1.69 bits per heavy atom. The number of carbonyl (C=O) groups is 3. The number of ether oxygens (including phenoxy) is 3. The fourth-order valence-electron chi connectivity index (χ4n) is 2.75. The number of aliphatic hydroxyl groups excluding tert-OH is 1. The summed E-state index contributed by atoms with van der Waals surface area (Å²) in [5.41, 5.74) is -0.522. The third-order valence-electron chi connectivity index (χ3n) is 4.17. The molecule has 0 aliphatic heterocycles. The zero-order chi connectivity index (χ0) is 19.7. The van der Waals surface area contributed by atoms with Crippen molar-refractivity contribution in [3.63, 3.8) is 0 Å². The second-order valence-electron chi connectivity index (χ2n) is 6.46. The van der Waals surface area contributed by atoms with Crippen molar-refractivity contribution in [1.29, 1.82) is 0 Å². The lowest BCUT2D eigenvalue weighted by Gasteiger charge is -2.33. The number of aliphatic hydroxyl groups is 1. The zero-order valence-corrected chi connectivity index (χ0v) is 15.6. The summed E-state index contributed by atoms with van der Waals surface area (Å²) in [5.74, 6) is -4.10. The molecule has 7 heteroatoms. The molecule has 0 radical (unpaired) electrons. The molecule has 1 rings (SSSR count). The standard InChI is InChI=1S/C19H26O7/c1-13(16(21)25-11-10-20)15(19(2,3)18(23)24-4)17(22)26-12-14-8-6-5-7-9-14/h5-9,13,15,20H,10-12H2,1-4H3. The Morgan fingerprint density at radius 1 is 1.08 bits per heavy atom. The number of methoxy groups -OCH3 is 1. The second kappa shape index (κ2) is 9.91. The van der Waals surface area contributed by atoms with Crippen LogP contribution in [0.2, 0.25) is 0 Å². The van der Waals surface area contributed by atoms with Crippen LogP contribution < -0.4 is 0 Å². The van der Waals surface area contributed by atoms with Gasteiger partial charge >= 0.3 is 17.9 Å². The number of hydrogen-bond acceptors (Lipinski definition) is 7. The van der Waals surface area contributed by atoms with E-state index in [2.05, 4.69) is 0 Å². The monoisotopic (exact) mass is 366 g/mol. The van der Waals surface area contributed by atoms with Gasteiger partial charge in [-0.25, -0.2) is 0 Å². The largest absolute Gasteiger partial charge is 0.469 e. The van der Waals surface area contributed by atoms with Gasteiger partial charge in [0.2, 0.25) is 0 Å². The fraction of sp³-hybridized carbons (Fsp3) is 0.526. The van der Waals surface area contributed by atoms with Crippen LogP contribution in [0.5, 0.6) is 0 Å². The van der Waals surface area contributed by atoms with Crippen molar-refractivity contribution in [2.45, 2.75) is 27.4 Å². The van der Waals surface area contributed by atoms with E-state index in [1.165, 1.54) is 27.9 Å². The third-order valence-corrected chi connectivity index (χ3v) is 4.17. The summed E-state index contributed by atoms with van der Waals surface area (Å²) in [6.07, 6.45) is 0. The quantitative estimate of drug-likeness (QED) is 0.525. The van der Waals surface area contributed by atoms with Gasteiger partial charge in [0.25, 0.3) is 0 Å². The maximum Gasteiger partial charge on any atom is 0.312 e. The molecule has 0 saturated heterocycles. The van der Waals surface area contributed by atoms with Crippen molar-refractivity contribution in [2.75, 3.05) is 20.3 Å². The Balaban J connectivity index is 3.00. The van der Waals surface area contributed by atoms with Gasteiger partial charge in [0, 0.05) is 0 Å². The van der Waals surface area contributed by atoms with Crippen molar-refractivity contribution in [3.05, 3.63) is 35.9 Å². The minimum atomic E-state index is -1.31. The molecule has 26 heavy (non-hydrogen) atoms. The predicted molar refractivity (Wildman–Crippen MR) is 92.7 cm³/mol. The van der Waals surface area contributed by atoms with Gasteiger partial charge < -0.3 is 19.3 Å². The van der Waals surface area contributed by atoms with E-state index in [0.29, 0.717) is 0 Å². The van der Waals surface area contributed by atoms with Gasteiger partial charge in [0.1, 0.15) is 13.2 Å². The van der Waals surface area contributed by atoms with E-state index >= 15 is 0 Å². The number of benzene rings is 1. The molecule has 2 atom stereocenters. The first-order valence-electron chi connectivity index (χ1n) is 8.32. The van der Waals surface area contributed by atoms with Crippen LogP contribution >= 0.6 is 0 Å². The average Bonchev–Trinajstić information content (AvgIpc) is 2.64. The Bertz CT molecular complexity index is 610. The van der Waals surface area contributed by atoms with Crippen LogP contribution in [-0.2, 0) is 35.2 Å². The summed E-state index contributed by atoms with van der Waals surface area (Å²) < 4.78 is 15.0. The first-order chi connectivity index (χ1) is 12.3. The lowest BCUT2D eigenvalue weighted by Crippen LogP contribution is -2.45. The minimum absolute atomic E-state index is 0.0197. The van der Waals surface area contributed by atoms with E-state index in [1.807, 2.05) is 18.2 Å². The van der Waals surface area contributed by atoms with Crippen molar-refractivity contribution in [1.82, 2.24) is 0 Å². The van der Waals surface area contributed by atoms with E-state index in [9.17, 15) is 14.4 Å². The molecule has 0 aliphatic rings. The van der Waals surface area contributed by atoms with Crippen molar-refractivity contribution >= 4 is 17.9 Å². The highest BCUT2D eigenvalue weighted by Crippen LogP contribution is 2.36. The molecule has 0 spiro atoms. The molecule has 0 saturated carbocycles. The SMILES string of the molecule is COC(=O)C(C)(C)C(C(=O)OCc1ccccc1)C(C)C(=O)OCCO. The molecule has 0 amide bonds. The lowest BCUT2D eigenvalue weighted by molar-refractivity contribution is -0.174. The molecule has 144 valence electrons. The van der Waals surface area contributed by atoms with Crippen LogP contribution in [-0.4, -0.2) is 43.3 Å². The summed E-state index contributed by atoms with van der Waals surface area (Å²) in [4.78, 5) is 37.1. The molecule has 0 heterocycles. The average molecular weight is 366 g/mol. The summed E-state index contributed by atoms with van der Waals surface area (Å²) >= 11 is 0. The molecule has 0 fully saturated rings. The Morgan fingerprint density at radius 3 is 2.23 bits per heavy atom. The summed E-state index contributed by atoms with van der Waals surface area (Å²) in [7, 11) is 1.21. The van der Waals surface area contributed by atoms with Crippen molar-refractivity contribution in [3.8, 4) is 0 Å². The topological polar surface area (TPSA) is 99.1 Å². The van der Waals surface area contributed by atoms with Gasteiger partial charge in [-0.2, -0.15) is 0 Å². The molecule has 0 aliphatic carbocycles. The number of esters is 3. The summed E-state index contributed by atoms with van der Waals surface area (Å²) in [6.45, 7) is 4.02. The highest BCUT2D eigenvalue weighted by atomic mass is 16.5. The number of rotatable bonds is 9. The number of hydrogen-bond donors (Lipinski definition) is 1. The van der Waals surface area contributed by atoms with E-state index in [1.54, 1.807) is 12.1 Å². The number of carbonyl (C=O) groups excluding carboxylic acids is 3. The second-order valence-corrected chi connectivity index (χ2v) is 6.46. The first kappa shape index (κ1) is 21.6. The smallest absolute Gasteiger partial charge is 0.312 e. The van der Waals surface area contributed by atoms with E-state index in [4.69, 9.17) is 19.3 Å². The van der Waals surface area contributed by atoms with Crippen LogP contribution in [0.1, 0.15) is 26.3 Å². The maximum atomic E-state index is 12.7. The minimum Gasteiger partial charge on any atom is -0.469 e. The Kier molecular flexibility index (Phi) is 8.25. The molecule has 1 aromatic rings. The van der Waals surface area contributed by atoms with Crippen molar-refractivity contribution in [2.24, 2.45) is 17.3 Å². The normalized spacial score (nSPS) is 13.4. The molecule has 1 aromatic carbocycles. The van der Waals surface area contributed by atoms with Crippen LogP contribution in [0.15, 0.2) is 30.3 Å². The molecule has 2 unspecified atom stereocenters. The Labute approximate surface area is 153 Å². The van der Waals surface area contributed by atoms with Crippen LogP contribution in [0.25, 0.3) is 0 Å². The lowest BCUT2D eigenvalue weighted by atomic mass is 9.72. The third kappa shape index (κ3) is 5.56. The molecule has 0 bridgehead atoms. The van der Waals surface area contributed by atoms with E-state index < -0.39 is 35.2 Å². The molecular weight excluding hydrogens is 340 g/mol. The fourth-order valence-corrected chi connectivity index (χ4v) is 2.75.